The van der Waals surface area contributed by atoms with Crippen LogP contribution in [0.15, 0.2) is 59.7 Å². The van der Waals surface area contributed by atoms with E-state index >= 15 is 0 Å². The van der Waals surface area contributed by atoms with Gasteiger partial charge in [0.25, 0.3) is 0 Å². The summed E-state index contributed by atoms with van der Waals surface area (Å²) in [6, 6.07) is 9.17. The zero-order valence-electron chi connectivity index (χ0n) is 17.7. The average Bonchev–Trinajstić information content (AvgIpc) is 2.44. The highest BCUT2D eigenvalue weighted by atomic mass is 14.4. The highest BCUT2D eigenvalue weighted by Gasteiger charge is 2.31. The Labute approximate surface area is 155 Å². The molecule has 1 aliphatic carbocycles. The molecule has 0 aromatic heterocycles. The van der Waals surface area contributed by atoms with Gasteiger partial charge in [-0.3, -0.25) is 0 Å². The lowest BCUT2D eigenvalue weighted by Gasteiger charge is -2.36. The molecule has 0 atom stereocenters. The molecule has 0 aliphatic heterocycles. The maximum absolute atomic E-state index is 4.45. The van der Waals surface area contributed by atoms with Crippen molar-refractivity contribution in [2.45, 2.75) is 73.6 Å². The summed E-state index contributed by atoms with van der Waals surface area (Å²) in [5, 5.41) is 0. The fourth-order valence-electron chi connectivity index (χ4n) is 3.56. The Balaban J connectivity index is 2.52. The zero-order chi connectivity index (χ0) is 19.2. The lowest BCUT2D eigenvalue weighted by molar-refractivity contribution is 0.475. The third kappa shape index (κ3) is 4.35. The minimum absolute atomic E-state index is 0.103. The molecule has 0 saturated carbocycles. The third-order valence-corrected chi connectivity index (χ3v) is 5.12. The van der Waals surface area contributed by atoms with Gasteiger partial charge in [0, 0.05) is 5.92 Å². The quantitative estimate of drug-likeness (QED) is 0.495. The van der Waals surface area contributed by atoms with Crippen LogP contribution >= 0.6 is 0 Å². The summed E-state index contributed by atoms with van der Waals surface area (Å²) < 4.78 is 0. The Hall–Kier alpha value is -1.56. The molecular formula is C25H36. The second-order valence-corrected chi connectivity index (χ2v) is 10.5. The molecule has 0 saturated heterocycles. The van der Waals surface area contributed by atoms with Crippen molar-refractivity contribution in [2.24, 2.45) is 10.8 Å². The van der Waals surface area contributed by atoms with E-state index in [2.05, 4.69) is 105 Å². The van der Waals surface area contributed by atoms with E-state index in [0.29, 0.717) is 5.92 Å². The first-order valence-corrected chi connectivity index (χ1v) is 9.46. The Kier molecular flexibility index (Phi) is 4.99. The van der Waals surface area contributed by atoms with Crippen LogP contribution in [0.3, 0.4) is 0 Å². The number of hydrogen-bond acceptors (Lipinski definition) is 0. The molecule has 0 fully saturated rings. The third-order valence-electron chi connectivity index (χ3n) is 5.12. The van der Waals surface area contributed by atoms with E-state index in [1.54, 1.807) is 0 Å². The summed E-state index contributed by atoms with van der Waals surface area (Å²) in [5.74, 6) is 0.322. The van der Waals surface area contributed by atoms with Gasteiger partial charge in [-0.15, -0.1) is 0 Å². The largest absolute Gasteiger partial charge is 0.0912 e. The van der Waals surface area contributed by atoms with Crippen molar-refractivity contribution in [2.75, 3.05) is 0 Å². The Bertz CT molecular complexity index is 667. The van der Waals surface area contributed by atoms with Crippen LogP contribution in [-0.2, 0) is 5.41 Å². The van der Waals surface area contributed by atoms with Crippen molar-refractivity contribution in [1.82, 2.24) is 0 Å². The summed E-state index contributed by atoms with van der Waals surface area (Å²) in [6.45, 7) is 25.0. The maximum atomic E-state index is 4.45. The minimum Gasteiger partial charge on any atom is -0.0912 e. The van der Waals surface area contributed by atoms with Crippen LogP contribution in [0, 0.1) is 10.8 Å². The second kappa shape index (κ2) is 6.31. The van der Waals surface area contributed by atoms with Gasteiger partial charge in [0.15, 0.2) is 0 Å². The fourth-order valence-corrected chi connectivity index (χ4v) is 3.56. The minimum atomic E-state index is 0.103. The molecule has 0 heterocycles. The monoisotopic (exact) mass is 336 g/mol. The molecule has 0 radical (unpaired) electrons. The first-order chi connectivity index (χ1) is 11.2. The van der Waals surface area contributed by atoms with E-state index in [-0.39, 0.29) is 16.2 Å². The molecular weight excluding hydrogens is 300 g/mol. The zero-order valence-corrected chi connectivity index (χ0v) is 17.7. The van der Waals surface area contributed by atoms with E-state index in [4.69, 9.17) is 0 Å². The van der Waals surface area contributed by atoms with E-state index < -0.39 is 0 Å². The van der Waals surface area contributed by atoms with Crippen molar-refractivity contribution in [3.63, 3.8) is 0 Å². The molecule has 0 spiro atoms. The molecule has 0 amide bonds. The second-order valence-electron chi connectivity index (χ2n) is 10.5. The van der Waals surface area contributed by atoms with Crippen molar-refractivity contribution < 1.29 is 0 Å². The number of hydrogen-bond donors (Lipinski definition) is 0. The summed E-state index contributed by atoms with van der Waals surface area (Å²) in [5.41, 5.74) is 7.12. The van der Waals surface area contributed by atoms with Crippen LogP contribution in [-0.4, -0.2) is 0 Å². The average molecular weight is 337 g/mol. The van der Waals surface area contributed by atoms with Crippen molar-refractivity contribution in [3.05, 3.63) is 70.8 Å². The summed E-state index contributed by atoms with van der Waals surface area (Å²) >= 11 is 0. The van der Waals surface area contributed by atoms with Gasteiger partial charge in [0.1, 0.15) is 0 Å². The maximum Gasteiger partial charge on any atom is 0.0210 e. The first-order valence-electron chi connectivity index (χ1n) is 9.46. The number of allylic oxidation sites excluding steroid dienone is 5. The number of benzene rings is 1. The van der Waals surface area contributed by atoms with Crippen LogP contribution in [0.5, 0.6) is 0 Å². The van der Waals surface area contributed by atoms with Crippen LogP contribution in [0.2, 0.25) is 0 Å². The van der Waals surface area contributed by atoms with Crippen molar-refractivity contribution in [3.8, 4) is 0 Å². The Morgan fingerprint density at radius 1 is 0.640 bits per heavy atom. The number of rotatable bonds is 1. The summed E-state index contributed by atoms with van der Waals surface area (Å²) in [4.78, 5) is 0. The highest BCUT2D eigenvalue weighted by Crippen LogP contribution is 2.46. The SMILES string of the molecule is C=C1C(C(C)(C)C)=CC(c2ccc(C(C)(C)C)cc2)C=C1C(C)(C)C. The fraction of sp³-hybridized carbons (Fsp3) is 0.520. The Morgan fingerprint density at radius 2 is 1.04 bits per heavy atom. The van der Waals surface area contributed by atoms with Crippen LogP contribution in [0.25, 0.3) is 0 Å². The van der Waals surface area contributed by atoms with Crippen LogP contribution < -0.4 is 0 Å². The molecule has 0 unspecified atom stereocenters. The molecule has 0 heteroatoms. The molecule has 1 aliphatic rings. The molecule has 0 bridgehead atoms. The predicted molar refractivity (Wildman–Crippen MR) is 112 cm³/mol. The van der Waals surface area contributed by atoms with E-state index in [1.807, 2.05) is 0 Å². The summed E-state index contributed by atoms with van der Waals surface area (Å²) in [6.07, 6.45) is 4.84. The standard InChI is InChI=1S/C25H36/c1-17-21(24(5,6)7)15-19(16-22(17)25(8,9)10)18-11-13-20(14-12-18)23(2,3)4/h11-16,19H,1H2,2-10H3. The molecule has 1 aromatic rings. The normalized spacial score (nSPS) is 17.4. The molecule has 0 N–H and O–H groups in total. The van der Waals surface area contributed by atoms with E-state index in [1.165, 1.54) is 27.8 Å². The highest BCUT2D eigenvalue weighted by molar-refractivity contribution is 5.56. The molecule has 136 valence electrons. The van der Waals surface area contributed by atoms with Gasteiger partial charge in [-0.2, -0.15) is 0 Å². The molecule has 2 rings (SSSR count). The topological polar surface area (TPSA) is 0 Å². The van der Waals surface area contributed by atoms with Crippen LogP contribution in [0.1, 0.15) is 79.4 Å². The molecule has 25 heavy (non-hydrogen) atoms. The lowest BCUT2D eigenvalue weighted by Crippen LogP contribution is -2.22. The van der Waals surface area contributed by atoms with Gasteiger partial charge in [-0.05, 0) is 44.1 Å². The van der Waals surface area contributed by atoms with Gasteiger partial charge in [-0.1, -0.05) is 105 Å². The van der Waals surface area contributed by atoms with E-state index in [9.17, 15) is 0 Å². The van der Waals surface area contributed by atoms with Gasteiger partial charge in [0.05, 0.1) is 0 Å². The van der Waals surface area contributed by atoms with Gasteiger partial charge >= 0.3 is 0 Å². The van der Waals surface area contributed by atoms with Gasteiger partial charge in [-0.25, -0.2) is 0 Å². The van der Waals surface area contributed by atoms with Crippen molar-refractivity contribution >= 4 is 0 Å². The molecule has 1 aromatic carbocycles. The summed E-state index contributed by atoms with van der Waals surface area (Å²) in [7, 11) is 0. The predicted octanol–water partition coefficient (Wildman–Crippen LogP) is 7.58. The van der Waals surface area contributed by atoms with E-state index in [0.717, 1.165) is 0 Å². The smallest absolute Gasteiger partial charge is 0.0210 e. The lowest BCUT2D eigenvalue weighted by atomic mass is 9.68. The molecule has 0 nitrogen and oxygen atoms in total. The Morgan fingerprint density at radius 3 is 1.36 bits per heavy atom. The van der Waals surface area contributed by atoms with Crippen molar-refractivity contribution in [1.29, 1.82) is 0 Å². The van der Waals surface area contributed by atoms with Crippen LogP contribution in [0.4, 0.5) is 0 Å². The van der Waals surface area contributed by atoms with Gasteiger partial charge in [0.2, 0.25) is 0 Å². The first kappa shape index (κ1) is 19.8. The van der Waals surface area contributed by atoms with Gasteiger partial charge < -0.3 is 0 Å².